The average Bonchev–Trinajstić information content (AvgIpc) is 2.60. The van der Waals surface area contributed by atoms with E-state index in [0.717, 1.165) is 0 Å². The van der Waals surface area contributed by atoms with Crippen LogP contribution >= 0.6 is 27.5 Å². The van der Waals surface area contributed by atoms with Gasteiger partial charge in [0.25, 0.3) is 0 Å². The van der Waals surface area contributed by atoms with Gasteiger partial charge in [0.15, 0.2) is 0 Å². The number of halogens is 2. The van der Waals surface area contributed by atoms with Crippen LogP contribution in [0.5, 0.6) is 0 Å². The largest absolute Gasteiger partial charge is 0.309 e. The van der Waals surface area contributed by atoms with Crippen molar-refractivity contribution in [2.45, 2.75) is 6.42 Å². The molecule has 0 spiro atoms. The van der Waals surface area contributed by atoms with Crippen molar-refractivity contribution in [1.82, 2.24) is 4.98 Å². The summed E-state index contributed by atoms with van der Waals surface area (Å²) in [6.45, 7) is 0.539. The lowest BCUT2D eigenvalue weighted by Crippen LogP contribution is -2.24. The first-order valence-electron chi connectivity index (χ1n) is 4.70. The van der Waals surface area contributed by atoms with Gasteiger partial charge in [-0.25, -0.2) is 4.98 Å². The Kier molecular flexibility index (Phi) is 3.17. The zero-order chi connectivity index (χ0) is 11.7. The molecule has 1 aromatic rings. The van der Waals surface area contributed by atoms with Crippen molar-refractivity contribution in [3.63, 3.8) is 0 Å². The number of hydrogen-bond acceptors (Lipinski definition) is 2. The van der Waals surface area contributed by atoms with Crippen molar-refractivity contribution >= 4 is 39.1 Å². The minimum absolute atomic E-state index is 0.0184. The van der Waals surface area contributed by atoms with Crippen molar-refractivity contribution < 1.29 is 4.79 Å². The molecule has 3 nitrogen and oxygen atoms in total. The Hall–Kier alpha value is -1.05. The lowest BCUT2D eigenvalue weighted by atomic mass is 10.1. The lowest BCUT2D eigenvalue weighted by molar-refractivity contribution is -0.117. The monoisotopic (exact) mass is 298 g/mol. The molecular weight excluding hydrogens is 291 g/mol. The Balaban J connectivity index is 2.32. The third-order valence-corrected chi connectivity index (χ3v) is 3.24. The van der Waals surface area contributed by atoms with Gasteiger partial charge in [-0.3, -0.25) is 4.79 Å². The third kappa shape index (κ3) is 2.06. The first-order valence-corrected chi connectivity index (χ1v) is 5.87. The number of terminal acetylenes is 1. The van der Waals surface area contributed by atoms with Crippen LogP contribution in [0.15, 0.2) is 16.7 Å². The smallest absolute Gasteiger partial charge is 0.228 e. The molecule has 0 N–H and O–H groups in total. The van der Waals surface area contributed by atoms with Gasteiger partial charge in [-0.05, 0) is 28.1 Å². The Morgan fingerprint density at radius 3 is 2.94 bits per heavy atom. The van der Waals surface area contributed by atoms with Gasteiger partial charge >= 0.3 is 0 Å². The van der Waals surface area contributed by atoms with Crippen molar-refractivity contribution in [1.29, 1.82) is 0 Å². The molecule has 1 aliphatic heterocycles. The number of hydrogen-bond donors (Lipinski definition) is 0. The summed E-state index contributed by atoms with van der Waals surface area (Å²) in [6.07, 6.45) is 5.72. The summed E-state index contributed by atoms with van der Waals surface area (Å²) in [5, 5.41) is 0.385. The highest BCUT2D eigenvalue weighted by Gasteiger charge is 2.30. The van der Waals surface area contributed by atoms with Gasteiger partial charge in [0.2, 0.25) is 5.91 Å². The van der Waals surface area contributed by atoms with Crippen LogP contribution in [0.4, 0.5) is 5.69 Å². The Morgan fingerprint density at radius 2 is 2.38 bits per heavy atom. The van der Waals surface area contributed by atoms with Crippen LogP contribution in [-0.2, 0) is 4.79 Å². The first-order chi connectivity index (χ1) is 7.61. The number of nitrogens with zero attached hydrogens (tertiary/aromatic N) is 2. The molecule has 16 heavy (non-hydrogen) atoms. The SMILES string of the molecule is C#CC1CC(=O)N(c2ccc(Cl)nc2Br)C1. The van der Waals surface area contributed by atoms with Crippen LogP contribution in [0.2, 0.25) is 5.15 Å². The topological polar surface area (TPSA) is 33.2 Å². The summed E-state index contributed by atoms with van der Waals surface area (Å²) >= 11 is 9.02. The van der Waals surface area contributed by atoms with Gasteiger partial charge in [-0.15, -0.1) is 12.3 Å². The molecule has 0 radical (unpaired) electrons. The van der Waals surface area contributed by atoms with Crippen LogP contribution in [0, 0.1) is 18.3 Å². The van der Waals surface area contributed by atoms with E-state index in [1.165, 1.54) is 0 Å². The van der Waals surface area contributed by atoms with Crippen LogP contribution < -0.4 is 4.90 Å². The maximum absolute atomic E-state index is 11.7. The van der Waals surface area contributed by atoms with E-state index >= 15 is 0 Å². The van der Waals surface area contributed by atoms with Gasteiger partial charge in [-0.2, -0.15) is 0 Å². The number of rotatable bonds is 1. The van der Waals surface area contributed by atoms with E-state index < -0.39 is 0 Å². The number of carbonyl (C=O) groups is 1. The van der Waals surface area contributed by atoms with E-state index in [4.69, 9.17) is 18.0 Å². The maximum atomic E-state index is 11.7. The average molecular weight is 300 g/mol. The molecule has 0 bridgehead atoms. The zero-order valence-corrected chi connectivity index (χ0v) is 10.6. The Morgan fingerprint density at radius 1 is 1.62 bits per heavy atom. The molecule has 1 unspecified atom stereocenters. The molecule has 0 aliphatic carbocycles. The van der Waals surface area contributed by atoms with Gasteiger partial charge < -0.3 is 4.90 Å². The highest BCUT2D eigenvalue weighted by atomic mass is 79.9. The van der Waals surface area contributed by atoms with Gasteiger partial charge in [-0.1, -0.05) is 11.6 Å². The number of pyridine rings is 1. The third-order valence-electron chi connectivity index (χ3n) is 2.45. The zero-order valence-electron chi connectivity index (χ0n) is 8.28. The summed E-state index contributed by atoms with van der Waals surface area (Å²) in [7, 11) is 0. The lowest BCUT2D eigenvalue weighted by Gasteiger charge is -2.16. The second-order valence-electron chi connectivity index (χ2n) is 3.52. The predicted molar refractivity (Wildman–Crippen MR) is 66.2 cm³/mol. The van der Waals surface area contributed by atoms with Crippen LogP contribution in [0.1, 0.15) is 6.42 Å². The minimum Gasteiger partial charge on any atom is -0.309 e. The van der Waals surface area contributed by atoms with Gasteiger partial charge in [0.1, 0.15) is 9.76 Å². The van der Waals surface area contributed by atoms with Crippen LogP contribution in [0.25, 0.3) is 0 Å². The number of aromatic nitrogens is 1. The molecule has 0 aromatic carbocycles. The van der Waals surface area contributed by atoms with Crippen LogP contribution in [0.3, 0.4) is 0 Å². The maximum Gasteiger partial charge on any atom is 0.228 e. The molecule has 82 valence electrons. The van der Waals surface area contributed by atoms with Crippen LogP contribution in [-0.4, -0.2) is 17.4 Å². The molecule has 1 aliphatic rings. The summed E-state index contributed by atoms with van der Waals surface area (Å²) in [5.74, 6) is 2.60. The second-order valence-corrected chi connectivity index (χ2v) is 4.65. The molecule has 1 aromatic heterocycles. The Bertz CT molecular complexity index is 483. The van der Waals surface area contributed by atoms with Gasteiger partial charge in [0.05, 0.1) is 5.69 Å². The standard InChI is InChI=1S/C11H8BrClN2O/c1-2-7-5-10(16)15(6-7)8-3-4-9(13)14-11(8)12/h1,3-4,7H,5-6H2. The molecule has 1 atom stereocenters. The van der Waals surface area contributed by atoms with E-state index in [2.05, 4.69) is 26.8 Å². The fraction of sp³-hybridized carbons (Fsp3) is 0.273. The molecule has 1 saturated heterocycles. The number of anilines is 1. The van der Waals surface area contributed by atoms with E-state index in [1.54, 1.807) is 17.0 Å². The molecule has 0 saturated carbocycles. The highest BCUT2D eigenvalue weighted by molar-refractivity contribution is 9.10. The molecule has 5 heteroatoms. The summed E-state index contributed by atoms with van der Waals surface area (Å²) < 4.78 is 0.561. The van der Waals surface area contributed by atoms with E-state index in [0.29, 0.717) is 28.4 Å². The second kappa shape index (κ2) is 4.44. The highest BCUT2D eigenvalue weighted by Crippen LogP contribution is 2.30. The van der Waals surface area contributed by atoms with Crippen molar-refractivity contribution in [2.75, 3.05) is 11.4 Å². The summed E-state index contributed by atoms with van der Waals surface area (Å²) in [4.78, 5) is 17.4. The van der Waals surface area contributed by atoms with Crippen molar-refractivity contribution in [3.05, 3.63) is 21.9 Å². The summed E-state index contributed by atoms with van der Waals surface area (Å²) in [5.41, 5.74) is 0.715. The molecule has 1 fully saturated rings. The molecule has 2 heterocycles. The van der Waals surface area contributed by atoms with Gasteiger partial charge in [0, 0.05) is 18.9 Å². The molecule has 2 rings (SSSR count). The van der Waals surface area contributed by atoms with E-state index in [9.17, 15) is 4.79 Å². The van der Waals surface area contributed by atoms with Crippen molar-refractivity contribution in [2.24, 2.45) is 5.92 Å². The normalized spacial score (nSPS) is 19.9. The van der Waals surface area contributed by atoms with E-state index in [-0.39, 0.29) is 11.8 Å². The number of amides is 1. The predicted octanol–water partition coefficient (Wildman–Crippen LogP) is 2.48. The molecular formula is C11H8BrClN2O. The van der Waals surface area contributed by atoms with E-state index in [1.807, 2.05) is 0 Å². The quantitative estimate of drug-likeness (QED) is 0.589. The van der Waals surface area contributed by atoms with Crippen molar-refractivity contribution in [3.8, 4) is 12.3 Å². The fourth-order valence-corrected chi connectivity index (χ4v) is 2.45. The summed E-state index contributed by atoms with van der Waals surface area (Å²) in [6, 6.07) is 3.41. The fourth-order valence-electron chi connectivity index (χ4n) is 1.66. The number of carbonyl (C=O) groups excluding carboxylic acids is 1. The molecule has 1 amide bonds. The Labute approximate surface area is 107 Å². The minimum atomic E-state index is -0.0184. The first kappa shape index (κ1) is 11.4.